The minimum atomic E-state index is -4.95. The molecule has 0 heterocycles. The van der Waals surface area contributed by atoms with Gasteiger partial charge in [0, 0.05) is 24.6 Å². The van der Waals surface area contributed by atoms with Crippen LogP contribution in [-0.2, 0) is 20.2 Å². The monoisotopic (exact) mass is 517 g/mol. The highest BCUT2D eigenvalue weighted by Gasteiger charge is 2.37. The van der Waals surface area contributed by atoms with Crippen molar-refractivity contribution in [3.63, 3.8) is 0 Å². The van der Waals surface area contributed by atoms with Crippen molar-refractivity contribution in [2.45, 2.75) is 11.3 Å². The molecule has 2 aromatic rings. The third-order valence-electron chi connectivity index (χ3n) is 5.52. The number of carbonyl (C=O) groups excluding carboxylic acids is 2. The highest BCUT2D eigenvalue weighted by atomic mass is 32.2. The Morgan fingerprint density at radius 2 is 1.54 bits per heavy atom. The van der Waals surface area contributed by atoms with Gasteiger partial charge in [-0.05, 0) is 23.9 Å². The normalized spacial score (nSPS) is 16.8. The Kier molecular flexibility index (Phi) is 5.89. The molecule has 13 heteroatoms. The summed E-state index contributed by atoms with van der Waals surface area (Å²) < 4.78 is 67.7. The summed E-state index contributed by atoms with van der Waals surface area (Å²) in [5.41, 5.74) is 4.63. The second-order valence-corrected chi connectivity index (χ2v) is 10.6. The number of ketones is 2. The molecule has 0 spiro atoms. The van der Waals surface area contributed by atoms with Crippen LogP contribution in [-0.4, -0.2) is 44.6 Å². The first-order chi connectivity index (χ1) is 16.3. The first-order valence-electron chi connectivity index (χ1n) is 9.99. The van der Waals surface area contributed by atoms with Gasteiger partial charge < -0.3 is 16.4 Å². The van der Waals surface area contributed by atoms with Crippen molar-refractivity contribution in [3.05, 3.63) is 87.1 Å². The molecule has 2 aliphatic rings. The van der Waals surface area contributed by atoms with Crippen LogP contribution in [0.25, 0.3) is 0 Å². The number of nitrogens with two attached hydrogens (primary N) is 1. The van der Waals surface area contributed by atoms with Crippen molar-refractivity contribution in [3.8, 4) is 0 Å². The number of anilines is 2. The summed E-state index contributed by atoms with van der Waals surface area (Å²) in [6.07, 6.45) is 4.12. The SMILES string of the molecule is CNC=C1C=CC(Nc2cc(S(=O)(=O)O)c(N)c3c2C(=O)c2ccccc2C3=O)=C(S(=O)(=O)O)C1. The lowest BCUT2D eigenvalue weighted by atomic mass is 9.82. The summed E-state index contributed by atoms with van der Waals surface area (Å²) in [5, 5.41) is 5.39. The van der Waals surface area contributed by atoms with E-state index in [0.717, 1.165) is 6.07 Å². The molecule has 0 saturated heterocycles. The molecule has 0 atom stereocenters. The molecule has 2 aliphatic carbocycles. The predicted molar refractivity (Wildman–Crippen MR) is 127 cm³/mol. The van der Waals surface area contributed by atoms with Crippen LogP contribution >= 0.6 is 0 Å². The molecule has 0 amide bonds. The van der Waals surface area contributed by atoms with Gasteiger partial charge in [0.1, 0.15) is 4.90 Å². The van der Waals surface area contributed by atoms with E-state index in [2.05, 4.69) is 10.6 Å². The maximum atomic E-state index is 13.4. The quantitative estimate of drug-likeness (QED) is 0.245. The van der Waals surface area contributed by atoms with E-state index in [4.69, 9.17) is 5.73 Å². The van der Waals surface area contributed by atoms with Gasteiger partial charge in [0.25, 0.3) is 20.2 Å². The maximum absolute atomic E-state index is 13.4. The molecule has 0 fully saturated rings. The minimum absolute atomic E-state index is 0.00705. The van der Waals surface area contributed by atoms with Crippen LogP contribution in [0.15, 0.2) is 69.8 Å². The summed E-state index contributed by atoms with van der Waals surface area (Å²) in [5.74, 6) is -1.42. The minimum Gasteiger partial charge on any atom is -0.397 e. The smallest absolute Gasteiger partial charge is 0.296 e. The van der Waals surface area contributed by atoms with E-state index >= 15 is 0 Å². The molecule has 35 heavy (non-hydrogen) atoms. The van der Waals surface area contributed by atoms with Crippen molar-refractivity contribution in [2.75, 3.05) is 18.1 Å². The summed E-state index contributed by atoms with van der Waals surface area (Å²) in [4.78, 5) is 25.3. The number of nitrogen functional groups attached to an aromatic ring is 1. The van der Waals surface area contributed by atoms with Crippen molar-refractivity contribution < 1.29 is 35.5 Å². The molecule has 0 saturated carbocycles. The lowest BCUT2D eigenvalue weighted by Gasteiger charge is -2.25. The molecule has 0 radical (unpaired) electrons. The van der Waals surface area contributed by atoms with Gasteiger partial charge in [-0.25, -0.2) is 0 Å². The number of hydrogen-bond donors (Lipinski definition) is 5. The number of benzene rings is 2. The van der Waals surface area contributed by atoms with E-state index in [1.165, 1.54) is 42.6 Å². The molecule has 6 N–H and O–H groups in total. The maximum Gasteiger partial charge on any atom is 0.296 e. The number of carbonyl (C=O) groups is 2. The molecule has 11 nitrogen and oxygen atoms in total. The van der Waals surface area contributed by atoms with Crippen LogP contribution in [0.3, 0.4) is 0 Å². The van der Waals surface area contributed by atoms with Crippen molar-refractivity contribution >= 4 is 43.2 Å². The van der Waals surface area contributed by atoms with Crippen LogP contribution in [0.5, 0.6) is 0 Å². The van der Waals surface area contributed by atoms with Crippen molar-refractivity contribution in [2.24, 2.45) is 0 Å². The van der Waals surface area contributed by atoms with E-state index in [0.29, 0.717) is 5.57 Å². The summed E-state index contributed by atoms with van der Waals surface area (Å²) in [7, 11) is -8.09. The highest BCUT2D eigenvalue weighted by Crippen LogP contribution is 2.40. The van der Waals surface area contributed by atoms with Gasteiger partial charge in [-0.2, -0.15) is 16.8 Å². The van der Waals surface area contributed by atoms with Crippen LogP contribution in [0.2, 0.25) is 0 Å². The Hall–Kier alpha value is -3.78. The fourth-order valence-electron chi connectivity index (χ4n) is 4.00. The zero-order chi connectivity index (χ0) is 25.7. The number of hydrogen-bond acceptors (Lipinski definition) is 9. The van der Waals surface area contributed by atoms with E-state index in [1.54, 1.807) is 7.05 Å². The second kappa shape index (κ2) is 8.46. The fourth-order valence-corrected chi connectivity index (χ4v) is 5.39. The summed E-state index contributed by atoms with van der Waals surface area (Å²) in [6, 6.07) is 6.68. The Bertz CT molecular complexity index is 1620. The molecule has 0 aromatic heterocycles. The highest BCUT2D eigenvalue weighted by molar-refractivity contribution is 7.89. The summed E-state index contributed by atoms with van der Waals surface area (Å²) in [6.45, 7) is 0. The van der Waals surface area contributed by atoms with Gasteiger partial charge in [-0.15, -0.1) is 0 Å². The first kappa shape index (κ1) is 24.3. The molecule has 0 bridgehead atoms. The number of nitrogens with one attached hydrogen (secondary N) is 2. The molecule has 182 valence electrons. The Morgan fingerprint density at radius 3 is 2.09 bits per heavy atom. The lowest BCUT2D eigenvalue weighted by molar-refractivity contribution is 0.0980. The van der Waals surface area contributed by atoms with Gasteiger partial charge in [0.2, 0.25) is 0 Å². The average molecular weight is 518 g/mol. The Balaban J connectivity index is 2.00. The molecule has 4 rings (SSSR count). The van der Waals surface area contributed by atoms with Crippen LogP contribution in [0, 0.1) is 0 Å². The Morgan fingerprint density at radius 1 is 0.943 bits per heavy atom. The predicted octanol–water partition coefficient (Wildman–Crippen LogP) is 1.87. The molecule has 0 aliphatic heterocycles. The zero-order valence-corrected chi connectivity index (χ0v) is 19.7. The molecule has 2 aromatic carbocycles. The van der Waals surface area contributed by atoms with E-state index < -0.39 is 52.9 Å². The first-order valence-corrected chi connectivity index (χ1v) is 12.9. The average Bonchev–Trinajstić information content (AvgIpc) is 2.78. The van der Waals surface area contributed by atoms with E-state index in [1.807, 2.05) is 0 Å². The van der Waals surface area contributed by atoms with Gasteiger partial charge in [-0.1, -0.05) is 30.3 Å². The third kappa shape index (κ3) is 4.25. The topological polar surface area (TPSA) is 193 Å². The summed E-state index contributed by atoms with van der Waals surface area (Å²) >= 11 is 0. The van der Waals surface area contributed by atoms with Crippen LogP contribution in [0.1, 0.15) is 38.3 Å². The fraction of sp³-hybridized carbons (Fsp3) is 0.0909. The van der Waals surface area contributed by atoms with Gasteiger partial charge >= 0.3 is 0 Å². The number of allylic oxidation sites excluding steroid dienone is 4. The van der Waals surface area contributed by atoms with Crippen molar-refractivity contribution in [1.82, 2.24) is 5.32 Å². The third-order valence-corrected chi connectivity index (χ3v) is 7.40. The number of rotatable bonds is 5. The Labute approximate surface area is 200 Å². The molecular formula is C22H19N3O8S2. The second-order valence-electron chi connectivity index (χ2n) is 7.72. The largest absolute Gasteiger partial charge is 0.397 e. The standard InChI is InChI=1S/C22H19N3O8S2/c1-24-10-11-6-7-14(16(8-11)34(28,29)30)25-15-9-17(35(31,32)33)20(23)19-18(15)21(26)12-4-2-3-5-13(12)22(19)27/h2-7,9-10,24-25H,8,23H2,1H3,(H,28,29,30)(H,31,32,33). The van der Waals surface area contributed by atoms with Gasteiger partial charge in [0.15, 0.2) is 11.6 Å². The van der Waals surface area contributed by atoms with Crippen molar-refractivity contribution in [1.29, 1.82) is 0 Å². The van der Waals surface area contributed by atoms with Crippen LogP contribution < -0.4 is 16.4 Å². The van der Waals surface area contributed by atoms with Crippen LogP contribution in [0.4, 0.5) is 11.4 Å². The lowest BCUT2D eigenvalue weighted by Crippen LogP contribution is -2.25. The number of fused-ring (bicyclic) bond motifs is 2. The van der Waals surface area contributed by atoms with E-state index in [9.17, 15) is 35.5 Å². The molecular weight excluding hydrogens is 498 g/mol. The van der Waals surface area contributed by atoms with Gasteiger partial charge in [0.05, 0.1) is 33.1 Å². The zero-order valence-electron chi connectivity index (χ0n) is 18.1. The van der Waals surface area contributed by atoms with Gasteiger partial charge in [-0.3, -0.25) is 18.7 Å². The van der Waals surface area contributed by atoms with E-state index in [-0.39, 0.29) is 34.5 Å². The molecule has 0 unspecified atom stereocenters.